The first-order valence-electron chi connectivity index (χ1n) is 6.80. The van der Waals surface area contributed by atoms with Crippen molar-refractivity contribution in [1.82, 2.24) is 0 Å². The number of hydrogen-bond acceptors (Lipinski definition) is 2. The Balaban J connectivity index is 2.23. The van der Waals surface area contributed by atoms with E-state index in [2.05, 4.69) is 34.5 Å². The van der Waals surface area contributed by atoms with Crippen LogP contribution in [-0.4, -0.2) is 8.42 Å². The lowest BCUT2D eigenvalue weighted by Gasteiger charge is -2.11. The van der Waals surface area contributed by atoms with Crippen molar-refractivity contribution in [3.8, 4) is 0 Å². The van der Waals surface area contributed by atoms with Crippen LogP contribution in [0.3, 0.4) is 0 Å². The largest absolute Gasteiger partial charge is 0.280 e. The smallest absolute Gasteiger partial charge is 0.261 e. The van der Waals surface area contributed by atoms with E-state index in [4.69, 9.17) is 0 Å². The van der Waals surface area contributed by atoms with Gasteiger partial charge in [0.25, 0.3) is 10.0 Å². The van der Waals surface area contributed by atoms with Gasteiger partial charge in [-0.1, -0.05) is 48.0 Å². The van der Waals surface area contributed by atoms with Gasteiger partial charge in [0, 0.05) is 10.2 Å². The first-order valence-corrected chi connectivity index (χ1v) is 9.08. The second-order valence-electron chi connectivity index (χ2n) is 4.99. The van der Waals surface area contributed by atoms with Crippen LogP contribution in [0.15, 0.2) is 57.9 Å². The molecular formula is C16H18BrNO2S. The average Bonchev–Trinajstić information content (AvgIpc) is 2.46. The zero-order chi connectivity index (χ0) is 15.5. The van der Waals surface area contributed by atoms with Crippen molar-refractivity contribution in [3.05, 3.63) is 58.6 Å². The second kappa shape index (κ2) is 6.62. The van der Waals surface area contributed by atoms with E-state index in [9.17, 15) is 8.42 Å². The van der Waals surface area contributed by atoms with E-state index in [1.54, 1.807) is 30.3 Å². The van der Waals surface area contributed by atoms with Crippen molar-refractivity contribution >= 4 is 31.6 Å². The van der Waals surface area contributed by atoms with E-state index in [1.165, 1.54) is 0 Å². The highest BCUT2D eigenvalue weighted by atomic mass is 79.9. The number of halogens is 1. The maximum atomic E-state index is 12.3. The van der Waals surface area contributed by atoms with Gasteiger partial charge >= 0.3 is 0 Å². The van der Waals surface area contributed by atoms with Gasteiger partial charge in [0.15, 0.2) is 0 Å². The van der Waals surface area contributed by atoms with Gasteiger partial charge in [0.2, 0.25) is 0 Å². The molecule has 0 spiro atoms. The van der Waals surface area contributed by atoms with Gasteiger partial charge in [-0.15, -0.1) is 0 Å². The minimum Gasteiger partial charge on any atom is -0.280 e. The van der Waals surface area contributed by atoms with Crippen molar-refractivity contribution < 1.29 is 8.42 Å². The van der Waals surface area contributed by atoms with Crippen LogP contribution in [-0.2, 0) is 10.0 Å². The SMILES string of the molecule is CCC(C)c1ccc(S(=O)(=O)Nc2cccc(Br)c2)cc1. The fraction of sp³-hybridized carbons (Fsp3) is 0.250. The molecule has 0 aliphatic heterocycles. The summed E-state index contributed by atoms with van der Waals surface area (Å²) in [4.78, 5) is 0.273. The van der Waals surface area contributed by atoms with Crippen molar-refractivity contribution in [3.63, 3.8) is 0 Å². The summed E-state index contributed by atoms with van der Waals surface area (Å²) >= 11 is 3.32. The molecule has 2 aromatic carbocycles. The zero-order valence-corrected chi connectivity index (χ0v) is 14.4. The molecule has 0 heterocycles. The highest BCUT2D eigenvalue weighted by Crippen LogP contribution is 2.23. The molecule has 2 aromatic rings. The van der Waals surface area contributed by atoms with Crippen LogP contribution in [0.1, 0.15) is 31.7 Å². The monoisotopic (exact) mass is 367 g/mol. The molecule has 21 heavy (non-hydrogen) atoms. The first-order chi connectivity index (χ1) is 9.92. The van der Waals surface area contributed by atoms with Crippen molar-refractivity contribution in [2.24, 2.45) is 0 Å². The summed E-state index contributed by atoms with van der Waals surface area (Å²) in [5.74, 6) is 0.430. The lowest BCUT2D eigenvalue weighted by atomic mass is 9.99. The van der Waals surface area contributed by atoms with Crippen LogP contribution >= 0.6 is 15.9 Å². The van der Waals surface area contributed by atoms with Crippen LogP contribution in [0.2, 0.25) is 0 Å². The summed E-state index contributed by atoms with van der Waals surface area (Å²) in [6.45, 7) is 4.24. The molecule has 0 saturated heterocycles. The van der Waals surface area contributed by atoms with Crippen LogP contribution in [0.25, 0.3) is 0 Å². The molecule has 1 atom stereocenters. The van der Waals surface area contributed by atoms with E-state index in [0.717, 1.165) is 16.5 Å². The maximum absolute atomic E-state index is 12.3. The summed E-state index contributed by atoms with van der Waals surface area (Å²) in [7, 11) is -3.55. The summed E-state index contributed by atoms with van der Waals surface area (Å²) in [5.41, 5.74) is 1.69. The molecule has 0 aliphatic carbocycles. The standard InChI is InChI=1S/C16H18BrNO2S/c1-3-12(2)13-7-9-16(10-8-13)21(19,20)18-15-6-4-5-14(17)11-15/h4-12,18H,3H2,1-2H3. The molecule has 112 valence electrons. The number of rotatable bonds is 5. The van der Waals surface area contributed by atoms with Gasteiger partial charge in [-0.2, -0.15) is 0 Å². The summed E-state index contributed by atoms with van der Waals surface area (Å²) < 4.78 is 28.1. The molecule has 3 nitrogen and oxygen atoms in total. The topological polar surface area (TPSA) is 46.2 Å². The third-order valence-corrected chi connectivity index (χ3v) is 5.34. The van der Waals surface area contributed by atoms with Crippen molar-refractivity contribution in [2.45, 2.75) is 31.1 Å². The minimum atomic E-state index is -3.55. The highest BCUT2D eigenvalue weighted by molar-refractivity contribution is 9.10. The van der Waals surface area contributed by atoms with E-state index in [1.807, 2.05) is 18.2 Å². The molecule has 0 saturated carbocycles. The lowest BCUT2D eigenvalue weighted by molar-refractivity contribution is 0.601. The first kappa shape index (κ1) is 16.0. The Hall–Kier alpha value is -1.33. The molecule has 0 bridgehead atoms. The molecule has 0 aromatic heterocycles. The van der Waals surface area contributed by atoms with Crippen molar-refractivity contribution in [2.75, 3.05) is 4.72 Å². The maximum Gasteiger partial charge on any atom is 0.261 e. The third-order valence-electron chi connectivity index (χ3n) is 3.45. The van der Waals surface area contributed by atoms with E-state index < -0.39 is 10.0 Å². The Morgan fingerprint density at radius 3 is 2.38 bits per heavy atom. The summed E-state index contributed by atoms with van der Waals surface area (Å²) in [6, 6.07) is 14.1. The van der Waals surface area contributed by atoms with Gasteiger partial charge in [-0.3, -0.25) is 4.72 Å². The molecule has 1 unspecified atom stereocenters. The van der Waals surface area contributed by atoms with Crippen LogP contribution in [0, 0.1) is 0 Å². The third kappa shape index (κ3) is 4.08. The fourth-order valence-electron chi connectivity index (χ4n) is 1.98. The Bertz CT molecular complexity index is 711. The molecule has 5 heteroatoms. The molecule has 1 N–H and O–H groups in total. The fourth-order valence-corrected chi connectivity index (χ4v) is 3.43. The molecule has 0 aliphatic rings. The number of benzene rings is 2. The highest BCUT2D eigenvalue weighted by Gasteiger charge is 2.14. The second-order valence-corrected chi connectivity index (χ2v) is 7.59. The van der Waals surface area contributed by atoms with Crippen LogP contribution < -0.4 is 4.72 Å². The average molecular weight is 368 g/mol. The lowest BCUT2D eigenvalue weighted by Crippen LogP contribution is -2.13. The van der Waals surface area contributed by atoms with Gasteiger partial charge in [0.1, 0.15) is 0 Å². The molecule has 0 fully saturated rings. The number of sulfonamides is 1. The quantitative estimate of drug-likeness (QED) is 0.827. The normalized spacial score (nSPS) is 12.9. The van der Waals surface area contributed by atoms with E-state index in [-0.39, 0.29) is 4.90 Å². The van der Waals surface area contributed by atoms with Gasteiger partial charge in [-0.05, 0) is 48.2 Å². The van der Waals surface area contributed by atoms with Gasteiger partial charge in [-0.25, -0.2) is 8.42 Å². The minimum absolute atomic E-state index is 0.273. The van der Waals surface area contributed by atoms with Crippen molar-refractivity contribution in [1.29, 1.82) is 0 Å². The Morgan fingerprint density at radius 1 is 1.14 bits per heavy atom. The molecule has 0 radical (unpaired) electrons. The summed E-state index contributed by atoms with van der Waals surface area (Å²) in [5, 5.41) is 0. The van der Waals surface area contributed by atoms with Crippen LogP contribution in [0.5, 0.6) is 0 Å². The van der Waals surface area contributed by atoms with Gasteiger partial charge in [0.05, 0.1) is 4.90 Å². The zero-order valence-electron chi connectivity index (χ0n) is 12.0. The number of hydrogen-bond donors (Lipinski definition) is 1. The van der Waals surface area contributed by atoms with Crippen LogP contribution in [0.4, 0.5) is 5.69 Å². The molecular weight excluding hydrogens is 350 g/mol. The van der Waals surface area contributed by atoms with E-state index in [0.29, 0.717) is 11.6 Å². The summed E-state index contributed by atoms with van der Waals surface area (Å²) in [6.07, 6.45) is 1.03. The Labute approximate surface area is 134 Å². The molecule has 2 rings (SSSR count). The number of anilines is 1. The van der Waals surface area contributed by atoms with E-state index >= 15 is 0 Å². The Kier molecular flexibility index (Phi) is 5.06. The van der Waals surface area contributed by atoms with Gasteiger partial charge < -0.3 is 0 Å². The predicted molar refractivity (Wildman–Crippen MR) is 90.1 cm³/mol. The number of nitrogens with one attached hydrogen (secondary N) is 1. The molecule has 0 amide bonds. The Morgan fingerprint density at radius 2 is 1.81 bits per heavy atom. The predicted octanol–water partition coefficient (Wildman–Crippen LogP) is 4.76.